The van der Waals surface area contributed by atoms with E-state index in [-0.39, 0.29) is 11.8 Å². The van der Waals surface area contributed by atoms with Crippen LogP contribution in [0, 0.1) is 0 Å². The number of aromatic amines is 1. The van der Waals surface area contributed by atoms with Crippen molar-refractivity contribution in [2.75, 3.05) is 0 Å². The van der Waals surface area contributed by atoms with Gasteiger partial charge in [-0.25, -0.2) is 4.79 Å². The number of rotatable bonds is 4. The molecule has 5 heteroatoms. The van der Waals surface area contributed by atoms with Gasteiger partial charge in [0.2, 0.25) is 5.88 Å². The highest BCUT2D eigenvalue weighted by Gasteiger charge is 2.18. The van der Waals surface area contributed by atoms with Gasteiger partial charge in [0.15, 0.2) is 0 Å². The van der Waals surface area contributed by atoms with E-state index in [2.05, 4.69) is 4.98 Å². The van der Waals surface area contributed by atoms with Gasteiger partial charge in [0, 0.05) is 6.54 Å². The van der Waals surface area contributed by atoms with Gasteiger partial charge >= 0.3 is 5.69 Å². The van der Waals surface area contributed by atoms with Gasteiger partial charge in [-0.2, -0.15) is 0 Å². The molecule has 1 aromatic rings. The molecule has 1 unspecified atom stereocenters. The fraction of sp³-hybridized carbons (Fsp3) is 0.636. The van der Waals surface area contributed by atoms with Gasteiger partial charge in [0.1, 0.15) is 0 Å². The summed E-state index contributed by atoms with van der Waals surface area (Å²) in [5.74, 6) is -0.246. The third-order valence-electron chi connectivity index (χ3n) is 2.74. The second-order valence-electron chi connectivity index (χ2n) is 3.93. The highest BCUT2D eigenvalue weighted by Crippen LogP contribution is 2.23. The Kier molecular flexibility index (Phi) is 3.93. The number of hydrogen-bond acceptors (Lipinski definition) is 3. The topological polar surface area (TPSA) is 75.1 Å². The third-order valence-corrected chi connectivity index (χ3v) is 2.74. The molecule has 1 aromatic heterocycles. The predicted octanol–water partition coefficient (Wildman–Crippen LogP) is 1.17. The zero-order valence-corrected chi connectivity index (χ0v) is 9.91. The molecular weight excluding hydrogens is 208 g/mol. The molecule has 0 bridgehead atoms. The quantitative estimate of drug-likeness (QED) is 0.809. The Hall–Kier alpha value is -1.52. The molecule has 0 aromatic carbocycles. The monoisotopic (exact) mass is 226 g/mol. The largest absolute Gasteiger partial charge is 0.494 e. The minimum atomic E-state index is -0.558. The van der Waals surface area contributed by atoms with Gasteiger partial charge in [0.25, 0.3) is 5.56 Å². The predicted molar refractivity (Wildman–Crippen MR) is 62.0 cm³/mol. The first kappa shape index (κ1) is 12.5. The average molecular weight is 226 g/mol. The van der Waals surface area contributed by atoms with E-state index in [1.54, 1.807) is 6.92 Å². The zero-order valence-electron chi connectivity index (χ0n) is 9.91. The summed E-state index contributed by atoms with van der Waals surface area (Å²) in [6.45, 7) is 5.97. The van der Waals surface area contributed by atoms with E-state index < -0.39 is 11.2 Å². The van der Waals surface area contributed by atoms with E-state index in [4.69, 9.17) is 0 Å². The zero-order chi connectivity index (χ0) is 12.3. The van der Waals surface area contributed by atoms with Crippen molar-refractivity contribution in [1.82, 2.24) is 9.55 Å². The summed E-state index contributed by atoms with van der Waals surface area (Å²) in [7, 11) is 0. The average Bonchev–Trinajstić information content (AvgIpc) is 2.17. The number of hydrogen-bond donors (Lipinski definition) is 2. The Labute approximate surface area is 93.8 Å². The Balaban J connectivity index is 3.39. The summed E-state index contributed by atoms with van der Waals surface area (Å²) in [6.07, 6.45) is 1.73. The van der Waals surface area contributed by atoms with Gasteiger partial charge in [-0.1, -0.05) is 20.3 Å². The number of nitrogens with one attached hydrogen (secondary N) is 1. The van der Waals surface area contributed by atoms with Crippen LogP contribution in [0.25, 0.3) is 0 Å². The smallest absolute Gasteiger partial charge is 0.331 e. The van der Waals surface area contributed by atoms with E-state index in [0.717, 1.165) is 12.8 Å². The lowest BCUT2D eigenvalue weighted by Crippen LogP contribution is -2.32. The SMILES string of the molecule is CCCC(C)c1c(O)n(CC)c(=O)[nH]c1=O. The Morgan fingerprint density at radius 2 is 2.00 bits per heavy atom. The van der Waals surface area contributed by atoms with Gasteiger partial charge in [0.05, 0.1) is 5.56 Å². The van der Waals surface area contributed by atoms with Crippen molar-refractivity contribution >= 4 is 0 Å². The Morgan fingerprint density at radius 3 is 2.50 bits per heavy atom. The second kappa shape index (κ2) is 5.01. The van der Waals surface area contributed by atoms with E-state index in [0.29, 0.717) is 12.1 Å². The van der Waals surface area contributed by atoms with Crippen molar-refractivity contribution in [3.8, 4) is 5.88 Å². The molecule has 2 N–H and O–H groups in total. The fourth-order valence-electron chi connectivity index (χ4n) is 1.89. The van der Waals surface area contributed by atoms with Crippen molar-refractivity contribution in [2.24, 2.45) is 0 Å². The molecule has 0 radical (unpaired) electrons. The number of aromatic nitrogens is 2. The van der Waals surface area contributed by atoms with Crippen molar-refractivity contribution in [3.05, 3.63) is 26.4 Å². The maximum atomic E-state index is 11.6. The molecule has 0 amide bonds. The fourth-order valence-corrected chi connectivity index (χ4v) is 1.89. The summed E-state index contributed by atoms with van der Waals surface area (Å²) in [6, 6.07) is 0. The molecule has 0 spiro atoms. The first-order valence-electron chi connectivity index (χ1n) is 5.58. The summed E-state index contributed by atoms with van der Waals surface area (Å²) in [4.78, 5) is 25.2. The molecule has 0 fully saturated rings. The molecule has 1 heterocycles. The van der Waals surface area contributed by atoms with Crippen molar-refractivity contribution in [1.29, 1.82) is 0 Å². The number of aromatic hydroxyl groups is 1. The molecular formula is C11H18N2O3. The van der Waals surface area contributed by atoms with Gasteiger partial charge < -0.3 is 5.11 Å². The summed E-state index contributed by atoms with van der Waals surface area (Å²) in [5.41, 5.74) is -0.728. The lowest BCUT2D eigenvalue weighted by Gasteiger charge is -2.14. The van der Waals surface area contributed by atoms with Gasteiger partial charge in [-0.15, -0.1) is 0 Å². The lowest BCUT2D eigenvalue weighted by molar-refractivity contribution is 0.391. The molecule has 0 saturated carbocycles. The van der Waals surface area contributed by atoms with Crippen LogP contribution in [0.15, 0.2) is 9.59 Å². The number of H-pyrrole nitrogens is 1. The molecule has 90 valence electrons. The van der Waals surface area contributed by atoms with Crippen LogP contribution in [0.3, 0.4) is 0 Å². The van der Waals surface area contributed by atoms with Crippen molar-refractivity contribution in [2.45, 2.75) is 46.1 Å². The molecule has 0 aliphatic heterocycles. The van der Waals surface area contributed by atoms with Crippen molar-refractivity contribution in [3.63, 3.8) is 0 Å². The Bertz CT molecular complexity index is 473. The minimum absolute atomic E-state index is 0.0489. The van der Waals surface area contributed by atoms with Crippen LogP contribution >= 0.6 is 0 Å². The maximum Gasteiger partial charge on any atom is 0.331 e. The van der Waals surface area contributed by atoms with Crippen molar-refractivity contribution < 1.29 is 5.11 Å². The van der Waals surface area contributed by atoms with Gasteiger partial charge in [-0.3, -0.25) is 14.3 Å². The van der Waals surface area contributed by atoms with Crippen LogP contribution in [0.5, 0.6) is 5.88 Å². The molecule has 0 saturated heterocycles. The molecule has 0 aliphatic carbocycles. The molecule has 1 atom stereocenters. The first-order chi connectivity index (χ1) is 7.52. The van der Waals surface area contributed by atoms with E-state index in [9.17, 15) is 14.7 Å². The highest BCUT2D eigenvalue weighted by atomic mass is 16.3. The second-order valence-corrected chi connectivity index (χ2v) is 3.93. The first-order valence-corrected chi connectivity index (χ1v) is 5.58. The highest BCUT2D eigenvalue weighted by molar-refractivity contribution is 5.26. The van der Waals surface area contributed by atoms with Crippen LogP contribution in [-0.2, 0) is 6.54 Å². The molecule has 1 rings (SSSR count). The lowest BCUT2D eigenvalue weighted by atomic mass is 9.98. The van der Waals surface area contributed by atoms with E-state index >= 15 is 0 Å². The third kappa shape index (κ3) is 2.18. The molecule has 0 aliphatic rings. The summed E-state index contributed by atoms with van der Waals surface area (Å²) < 4.78 is 1.17. The summed E-state index contributed by atoms with van der Waals surface area (Å²) in [5, 5.41) is 9.89. The molecule has 16 heavy (non-hydrogen) atoms. The van der Waals surface area contributed by atoms with E-state index in [1.807, 2.05) is 13.8 Å². The standard InChI is InChI=1S/C11H18N2O3/c1-4-6-7(3)8-9(14)12-11(16)13(5-2)10(8)15/h7,15H,4-6H2,1-3H3,(H,12,14,16). The van der Waals surface area contributed by atoms with Crippen LogP contribution in [0.4, 0.5) is 0 Å². The van der Waals surface area contributed by atoms with Crippen LogP contribution in [0.2, 0.25) is 0 Å². The molecule has 5 nitrogen and oxygen atoms in total. The maximum absolute atomic E-state index is 11.6. The van der Waals surface area contributed by atoms with Crippen LogP contribution < -0.4 is 11.2 Å². The minimum Gasteiger partial charge on any atom is -0.494 e. The van der Waals surface area contributed by atoms with E-state index in [1.165, 1.54) is 4.57 Å². The number of nitrogens with zero attached hydrogens (tertiary/aromatic N) is 1. The Morgan fingerprint density at radius 1 is 1.38 bits per heavy atom. The normalized spacial score (nSPS) is 12.7. The van der Waals surface area contributed by atoms with Crippen LogP contribution in [0.1, 0.15) is 45.1 Å². The van der Waals surface area contributed by atoms with Crippen LogP contribution in [-0.4, -0.2) is 14.7 Å². The van der Waals surface area contributed by atoms with Gasteiger partial charge in [-0.05, 0) is 19.3 Å². The summed E-state index contributed by atoms with van der Waals surface area (Å²) >= 11 is 0.